The van der Waals surface area contributed by atoms with E-state index >= 15 is 0 Å². The van der Waals surface area contributed by atoms with Crippen LogP contribution in [0.5, 0.6) is 5.75 Å². The van der Waals surface area contributed by atoms with E-state index in [0.717, 1.165) is 11.6 Å². The molecule has 5 amide bonds. The lowest BCUT2D eigenvalue weighted by molar-refractivity contribution is -0.425. The van der Waals surface area contributed by atoms with Crippen molar-refractivity contribution in [1.29, 1.82) is 0 Å². The maximum Gasteiger partial charge on any atom is 0.425 e. The molecule has 13 atom stereocenters. The van der Waals surface area contributed by atoms with Crippen molar-refractivity contribution >= 4 is 97.2 Å². The van der Waals surface area contributed by atoms with Crippen LogP contribution in [-0.4, -0.2) is 258 Å². The van der Waals surface area contributed by atoms with E-state index in [-0.39, 0.29) is 95.0 Å². The lowest BCUT2D eigenvalue weighted by Gasteiger charge is -2.40. The number of allylic oxidation sites excluding steroid dienone is 7. The molecule has 656 valence electrons. The standard InChI is InChI=1S/C80H99N7O26S.CO2.O3S/c1-79(2)52-19-9-10-20-56(52)86(40-64(93)84-67-71(99)69(97)59(42-88)112-76(67)105)61(79)33-25-46-16-12-17-47(26-34-62-80(3,4)53-39-51(114(108,109)110)30-32-57(53)87(62)41-65(94)85-68-72(100)70(98)60(43-89)113-77(68)106)73(46)111-50-28-23-45(24-29-50)36-48(74(101)102)38-58(91)55(37-44-14-6-5-7-15-44)82-63(92)21-11-8-18-49(90)27-31-54(75(103)104)83-78(107)81-35-13-22-66(95)96;2-1-3;1-4(2)3/h5-7,9-10,14-15,19-20,23-26,28-30,32-34,39,48,54-55,59-60,67-72,76-77,88-89,97-100,105-106H,8,11-13,16-18,21-22,27,31,35-38,40-43H2,1-4H3,(H8-,81,82,83,84,85,92,93,94,95,96,101,102,103,104,107,108,109,110);;/p+1/t48-,54-,55+,59?,60?,67?,68?,69?,70?,71?,72?,76?,77?;;/m1../s1. The number of nitrogens with zero attached hydrogens (tertiary/aromatic N) is 2. The van der Waals surface area contributed by atoms with Crippen molar-refractivity contribution in [3.63, 3.8) is 0 Å². The summed E-state index contributed by atoms with van der Waals surface area (Å²) < 4.78 is 80.2. The molecule has 4 aromatic rings. The number of carboxylic acid groups (broad SMARTS) is 3. The fourth-order valence-electron chi connectivity index (χ4n) is 14.8. The van der Waals surface area contributed by atoms with Gasteiger partial charge in [-0.15, -0.1) is 12.6 Å². The smallest absolute Gasteiger partial charge is 0.425 e. The highest BCUT2D eigenvalue weighted by molar-refractivity contribution is 7.85. The molecular formula is C81H100N7O31S2+. The van der Waals surface area contributed by atoms with Gasteiger partial charge in [0.25, 0.3) is 16.0 Å². The average Bonchev–Trinajstić information content (AvgIpc) is 1.60. The van der Waals surface area contributed by atoms with Gasteiger partial charge in [-0.25, -0.2) is 9.59 Å². The number of ether oxygens (including phenoxy) is 3. The number of urea groups is 1. The topological polar surface area (TPSA) is 610 Å². The third kappa shape index (κ3) is 26.8. The Hall–Kier alpha value is -10.9. The van der Waals surface area contributed by atoms with Crippen LogP contribution in [0.25, 0.3) is 0 Å². The molecule has 2 saturated heterocycles. The predicted octanol–water partition coefficient (Wildman–Crippen LogP) is 0.692. The zero-order chi connectivity index (χ0) is 89.4. The van der Waals surface area contributed by atoms with Gasteiger partial charge < -0.3 is 102 Å². The number of anilines is 1. The molecule has 121 heavy (non-hydrogen) atoms. The number of para-hydroxylation sites is 1. The van der Waals surface area contributed by atoms with Gasteiger partial charge in [0, 0.05) is 73.2 Å². The molecule has 17 N–H and O–H groups in total. The molecule has 1 aliphatic carbocycles. The van der Waals surface area contributed by atoms with Crippen LogP contribution in [0.4, 0.5) is 16.2 Å². The number of benzene rings is 4. The third-order valence-corrected chi connectivity index (χ3v) is 21.9. The monoisotopic (exact) mass is 1730 g/mol. The predicted molar refractivity (Wildman–Crippen MR) is 422 cm³/mol. The molecule has 0 radical (unpaired) electrons. The molecule has 4 aromatic carbocycles. The lowest BCUT2D eigenvalue weighted by atomic mass is 9.81. The lowest BCUT2D eigenvalue weighted by Crippen LogP contribution is -2.64. The van der Waals surface area contributed by atoms with Crippen molar-refractivity contribution in [2.75, 3.05) is 37.7 Å². The molecule has 0 aromatic heterocycles. The fourth-order valence-corrected chi connectivity index (χ4v) is 15.3. The molecule has 0 bridgehead atoms. The van der Waals surface area contributed by atoms with E-state index in [1.165, 1.54) is 12.1 Å². The minimum absolute atomic E-state index is 0.0152. The summed E-state index contributed by atoms with van der Waals surface area (Å²) in [6.45, 7) is 5.04. The summed E-state index contributed by atoms with van der Waals surface area (Å²) >= 11 is 0. The number of hydrogen-bond acceptors (Lipinski definition) is 28. The molecule has 38 nitrogen and oxygen atoms in total. The first-order chi connectivity index (χ1) is 57.1. The second-order valence-corrected chi connectivity index (χ2v) is 32.1. The van der Waals surface area contributed by atoms with Gasteiger partial charge in [-0.05, 0) is 142 Å². The summed E-state index contributed by atoms with van der Waals surface area (Å²) in [7, 11) is -7.88. The number of ketones is 2. The summed E-state index contributed by atoms with van der Waals surface area (Å²) in [5.74, 6) is -7.39. The normalized spacial score (nSPS) is 22.8. The van der Waals surface area contributed by atoms with Crippen LogP contribution in [0.1, 0.15) is 127 Å². The van der Waals surface area contributed by atoms with Gasteiger partial charge in [0.05, 0.1) is 35.5 Å². The van der Waals surface area contributed by atoms with E-state index in [0.29, 0.717) is 75.6 Å². The zero-order valence-electron chi connectivity index (χ0n) is 66.3. The van der Waals surface area contributed by atoms with Gasteiger partial charge >= 0.3 is 40.7 Å². The van der Waals surface area contributed by atoms with Crippen LogP contribution in [0, 0.1) is 5.92 Å². The van der Waals surface area contributed by atoms with E-state index in [4.69, 9.17) is 41.5 Å². The number of hydrogen-bond donors (Lipinski definition) is 17. The van der Waals surface area contributed by atoms with Gasteiger partial charge in [-0.2, -0.15) is 22.6 Å². The van der Waals surface area contributed by atoms with Crippen LogP contribution < -0.4 is 36.2 Å². The van der Waals surface area contributed by atoms with Gasteiger partial charge in [0.2, 0.25) is 24.0 Å². The number of carbonyl (C=O) groups is 9. The Kier molecular flexibility index (Phi) is 35.8. The number of carbonyl (C=O) groups excluding carboxylic acids is 8. The molecule has 40 heteroatoms. The SMILES string of the molecule is CC1(C)C(=CC=C2CCCC(C=CC3=[N+](CC(=O)NC4C(O)OC(CO)C(O)C4O)c4ccccc4C3(C)C)=C2Oc2ccc(C[C@H](CC(=O)[C@H](Cc3ccccc3)NC(=O)CCCCC(=O)CC[C@@H](NC(=O)NCCCC(=O)O)C(=O)O)C(=O)O)cc2)N(CC(=O)NC2C(O)OC(CO)C(O)C2O)c2ccc(S(=O)(=O)O)cc21.O=C=O.O=S(=O)=O. The van der Waals surface area contributed by atoms with Crippen molar-refractivity contribution in [2.45, 2.75) is 207 Å². The maximum absolute atomic E-state index is 14.4. The highest BCUT2D eigenvalue weighted by Crippen LogP contribution is 2.49. The molecule has 5 aliphatic rings. The van der Waals surface area contributed by atoms with Crippen LogP contribution in [0.15, 0.2) is 149 Å². The molecule has 0 saturated carbocycles. The summed E-state index contributed by atoms with van der Waals surface area (Å²) in [6.07, 6.45) is -5.45. The zero-order valence-corrected chi connectivity index (χ0v) is 68.0. The van der Waals surface area contributed by atoms with E-state index in [1.807, 2.05) is 44.2 Å². The molecule has 4 aliphatic heterocycles. The second-order valence-electron chi connectivity index (χ2n) is 30.2. The second kappa shape index (κ2) is 44.5. The van der Waals surface area contributed by atoms with Crippen LogP contribution >= 0.6 is 0 Å². The van der Waals surface area contributed by atoms with Gasteiger partial charge in [-0.3, -0.25) is 38.1 Å². The number of rotatable bonds is 37. The number of Topliss-reactive ketones (excluding diaryl/α,β-unsaturated/α-hetero) is 2. The summed E-state index contributed by atoms with van der Waals surface area (Å²) in [6, 6.07) is 20.0. The number of fused-ring (bicyclic) bond motifs is 2. The minimum Gasteiger partial charge on any atom is -0.481 e. The van der Waals surface area contributed by atoms with Crippen molar-refractivity contribution < 1.29 is 153 Å². The average molecular weight is 1730 g/mol. The van der Waals surface area contributed by atoms with Crippen molar-refractivity contribution in [3.05, 3.63) is 166 Å². The van der Waals surface area contributed by atoms with E-state index in [2.05, 4.69) is 26.6 Å². The maximum atomic E-state index is 14.4. The number of amides is 5. The Morgan fingerprint density at radius 3 is 1.83 bits per heavy atom. The highest BCUT2D eigenvalue weighted by Gasteiger charge is 2.49. The van der Waals surface area contributed by atoms with Crippen LogP contribution in [0.3, 0.4) is 0 Å². The Morgan fingerprint density at radius 2 is 1.24 bits per heavy atom. The summed E-state index contributed by atoms with van der Waals surface area (Å²) in [5, 5.41) is 126. The Balaban J connectivity index is 0.00000277. The number of aliphatic hydroxyl groups is 8. The molecule has 0 spiro atoms. The first-order valence-corrected chi connectivity index (χ1v) is 40.9. The Labute approximate surface area is 696 Å². The molecule has 2 fully saturated rings. The minimum atomic E-state index is -4.77. The highest BCUT2D eigenvalue weighted by atomic mass is 32.2. The van der Waals surface area contributed by atoms with E-state index in [9.17, 15) is 107 Å². The number of carboxylic acids is 3. The van der Waals surface area contributed by atoms with E-state index in [1.54, 1.807) is 96.1 Å². The van der Waals surface area contributed by atoms with E-state index < -0.39 is 189 Å². The first-order valence-electron chi connectivity index (χ1n) is 38.4. The van der Waals surface area contributed by atoms with Crippen LogP contribution in [0.2, 0.25) is 0 Å². The Morgan fingerprint density at radius 1 is 0.653 bits per heavy atom. The van der Waals surface area contributed by atoms with Gasteiger partial charge in [0.15, 0.2) is 24.1 Å². The van der Waals surface area contributed by atoms with Crippen LogP contribution in [-0.2, 0) is 102 Å². The molecule has 9 rings (SSSR count). The first kappa shape index (κ1) is 97.2. The number of aliphatic hydroxyl groups excluding tert-OH is 8. The van der Waals surface area contributed by atoms with Crippen molar-refractivity contribution in [1.82, 2.24) is 26.6 Å². The fraction of sp³-hybridized carbons (Fsp3) is 0.469. The number of nitrogens with one attached hydrogen (secondary N) is 5. The third-order valence-electron chi connectivity index (χ3n) is 21.1. The number of unbranched alkanes of at least 4 members (excludes halogenated alkanes) is 1. The van der Waals surface area contributed by atoms with Gasteiger partial charge in [-0.1, -0.05) is 80.6 Å². The molecular weight excluding hydrogens is 1630 g/mol. The largest absolute Gasteiger partial charge is 0.481 e. The van der Waals surface area contributed by atoms with Crippen molar-refractivity contribution in [2.24, 2.45) is 5.92 Å². The molecule has 10 unspecified atom stereocenters. The summed E-state index contributed by atoms with van der Waals surface area (Å²) in [5.41, 5.74) is 3.61. The Bertz CT molecular complexity index is 4850. The number of aliphatic carboxylic acids is 3. The summed E-state index contributed by atoms with van der Waals surface area (Å²) in [4.78, 5) is 134. The van der Waals surface area contributed by atoms with Crippen molar-refractivity contribution in [3.8, 4) is 5.75 Å². The molecule has 4 heterocycles. The van der Waals surface area contributed by atoms with Gasteiger partial charge in [0.1, 0.15) is 78.6 Å². The quantitative estimate of drug-likeness (QED) is 0.0168.